The number of hydrogen-bond acceptors (Lipinski definition) is 1. The predicted octanol–water partition coefficient (Wildman–Crippen LogP) is -1.66. The minimum atomic E-state index is -3.64. The van der Waals surface area contributed by atoms with Crippen LogP contribution >= 0.6 is 7.60 Å². The molecule has 6 heavy (non-hydrogen) atoms. The van der Waals surface area contributed by atoms with Gasteiger partial charge in [0.1, 0.15) is 0 Å². The maximum Gasteiger partial charge on any atom is 0.322 e. The minimum absolute atomic E-state index is 0. The van der Waals surface area contributed by atoms with Gasteiger partial charge in [-0.2, -0.15) is 0 Å². The fraction of sp³-hybridized carbons (Fsp3) is 1.00. The van der Waals surface area contributed by atoms with Crippen molar-refractivity contribution in [2.24, 2.45) is 0 Å². The molecule has 0 aliphatic rings. The lowest BCUT2D eigenvalue weighted by Crippen LogP contribution is -1.64. The third kappa shape index (κ3) is 368. The zero-order valence-electron chi connectivity index (χ0n) is 2.75. The summed E-state index contributed by atoms with van der Waals surface area (Å²) in [4.78, 5) is 15.3. The Balaban J connectivity index is 0. The molecular weight excluding hydrogens is 119 g/mol. The highest BCUT2D eigenvalue weighted by atomic mass is 31.2. The largest absolute Gasteiger partial charge is 0.325 e. The Morgan fingerprint density at radius 2 is 1.50 bits per heavy atom. The second-order valence-electron chi connectivity index (χ2n) is 0.835. The van der Waals surface area contributed by atoms with E-state index in [0.29, 0.717) is 0 Å². The Labute approximate surface area is 40.6 Å². The van der Waals surface area contributed by atoms with E-state index < -0.39 is 7.60 Å². The molecule has 0 radical (unpaired) electrons. The van der Waals surface area contributed by atoms with E-state index in [-0.39, 0.29) is 11.0 Å². The van der Waals surface area contributed by atoms with Crippen LogP contribution in [0.2, 0.25) is 0 Å². The van der Waals surface area contributed by atoms with Gasteiger partial charge in [-0.15, -0.1) is 0 Å². The van der Waals surface area contributed by atoms with Gasteiger partial charge in [0.2, 0.25) is 0 Å². The molecule has 0 bridgehead atoms. The highest BCUT2D eigenvalue weighted by Gasteiger charge is 1.95. The molecule has 0 aromatic carbocycles. The summed E-state index contributed by atoms with van der Waals surface area (Å²) in [7, 11) is -3.64. The van der Waals surface area contributed by atoms with E-state index in [1.807, 2.05) is 0 Å². The fourth-order valence-corrected chi connectivity index (χ4v) is 0. The van der Waals surface area contributed by atoms with Gasteiger partial charge in [-0.3, -0.25) is 4.57 Å². The first kappa shape index (κ1) is 9.62. The third-order valence-corrected chi connectivity index (χ3v) is 0. The Bertz CT molecular complexity index is 56.9. The molecule has 0 rings (SSSR count). The standard InChI is InChI=1S/CH5O3P.H4Si/c1-5(2,3)4;/h1H3,(H2,2,3,4);1H4. The van der Waals surface area contributed by atoms with Crippen molar-refractivity contribution in [3.05, 3.63) is 0 Å². The molecule has 0 saturated carbocycles. The van der Waals surface area contributed by atoms with E-state index in [4.69, 9.17) is 9.79 Å². The van der Waals surface area contributed by atoms with Crippen LogP contribution in [0.5, 0.6) is 0 Å². The zero-order chi connectivity index (χ0) is 4.50. The lowest BCUT2D eigenvalue weighted by Gasteiger charge is -1.84. The molecule has 0 aliphatic carbocycles. The van der Waals surface area contributed by atoms with Crippen molar-refractivity contribution < 1.29 is 14.4 Å². The van der Waals surface area contributed by atoms with Gasteiger partial charge < -0.3 is 9.79 Å². The summed E-state index contributed by atoms with van der Waals surface area (Å²) in [5, 5.41) is 0. The normalized spacial score (nSPS) is 9.83. The maximum absolute atomic E-state index is 9.33. The van der Waals surface area contributed by atoms with E-state index in [0.717, 1.165) is 6.66 Å². The van der Waals surface area contributed by atoms with Crippen LogP contribution in [0.4, 0.5) is 0 Å². The molecule has 3 nitrogen and oxygen atoms in total. The molecule has 0 atom stereocenters. The molecule has 0 aromatic heterocycles. The van der Waals surface area contributed by atoms with Crippen LogP contribution in [-0.2, 0) is 4.57 Å². The quantitative estimate of drug-likeness (QED) is 0.303. The van der Waals surface area contributed by atoms with Gasteiger partial charge in [0.25, 0.3) is 0 Å². The van der Waals surface area contributed by atoms with Gasteiger partial charge >= 0.3 is 7.60 Å². The maximum atomic E-state index is 9.33. The molecule has 0 unspecified atom stereocenters. The summed E-state index contributed by atoms with van der Waals surface area (Å²) in [5.74, 6) is 0. The SMILES string of the molecule is CP(=O)(O)O.[SiH4]. The molecule has 2 N–H and O–H groups in total. The summed E-state index contributed by atoms with van der Waals surface area (Å²) in [5.41, 5.74) is 0. The average Bonchev–Trinajstić information content (AvgIpc) is 0.722. The van der Waals surface area contributed by atoms with Crippen molar-refractivity contribution in [3.8, 4) is 0 Å². The van der Waals surface area contributed by atoms with Gasteiger partial charge in [0.15, 0.2) is 0 Å². The van der Waals surface area contributed by atoms with Crippen molar-refractivity contribution >= 4 is 18.6 Å². The highest BCUT2D eigenvalue weighted by Crippen LogP contribution is 2.26. The first-order valence-electron chi connectivity index (χ1n) is 1.03. The summed E-state index contributed by atoms with van der Waals surface area (Å²) >= 11 is 0. The zero-order valence-corrected chi connectivity index (χ0v) is 3.64. The topological polar surface area (TPSA) is 57.5 Å². The van der Waals surface area contributed by atoms with Crippen molar-refractivity contribution in [1.29, 1.82) is 0 Å². The second kappa shape index (κ2) is 2.52. The summed E-state index contributed by atoms with van der Waals surface area (Å²) < 4.78 is 9.33. The molecular formula is CH9O3PSi. The first-order chi connectivity index (χ1) is 2.00. The van der Waals surface area contributed by atoms with Crippen LogP contribution in [0.15, 0.2) is 0 Å². The van der Waals surface area contributed by atoms with Crippen molar-refractivity contribution in [3.63, 3.8) is 0 Å². The smallest absolute Gasteiger partial charge is 0.322 e. The molecule has 5 heteroatoms. The average molecular weight is 128 g/mol. The molecule has 0 spiro atoms. The van der Waals surface area contributed by atoms with E-state index in [1.54, 1.807) is 0 Å². The van der Waals surface area contributed by atoms with Gasteiger partial charge in [0, 0.05) is 6.66 Å². The van der Waals surface area contributed by atoms with Gasteiger partial charge in [-0.25, -0.2) is 0 Å². The number of hydrogen-bond donors (Lipinski definition) is 2. The van der Waals surface area contributed by atoms with E-state index in [9.17, 15) is 4.57 Å². The molecule has 0 amide bonds. The van der Waals surface area contributed by atoms with Gasteiger partial charge in [0.05, 0.1) is 0 Å². The summed E-state index contributed by atoms with van der Waals surface area (Å²) in [6.45, 7) is 0.854. The van der Waals surface area contributed by atoms with Crippen molar-refractivity contribution in [2.75, 3.05) is 6.66 Å². The highest BCUT2D eigenvalue weighted by molar-refractivity contribution is 7.50. The van der Waals surface area contributed by atoms with Crippen LogP contribution in [0.3, 0.4) is 0 Å². The fourth-order valence-electron chi connectivity index (χ4n) is 0. The number of rotatable bonds is 0. The van der Waals surface area contributed by atoms with Crippen LogP contribution in [0.25, 0.3) is 0 Å². The third-order valence-electron chi connectivity index (χ3n) is 0. The monoisotopic (exact) mass is 128 g/mol. The Morgan fingerprint density at radius 3 is 1.50 bits per heavy atom. The van der Waals surface area contributed by atoms with Crippen molar-refractivity contribution in [2.45, 2.75) is 0 Å². The molecule has 0 aliphatic heterocycles. The van der Waals surface area contributed by atoms with Gasteiger partial charge in [-0.1, -0.05) is 0 Å². The molecule has 40 valence electrons. The van der Waals surface area contributed by atoms with E-state index in [1.165, 1.54) is 0 Å². The van der Waals surface area contributed by atoms with Crippen LogP contribution in [0.1, 0.15) is 0 Å². The Hall–Kier alpha value is 0.367. The molecule has 0 aromatic rings. The van der Waals surface area contributed by atoms with Gasteiger partial charge in [-0.05, 0) is 11.0 Å². The second-order valence-corrected chi connectivity index (χ2v) is 2.51. The van der Waals surface area contributed by atoms with Crippen LogP contribution in [0, 0.1) is 0 Å². The van der Waals surface area contributed by atoms with E-state index >= 15 is 0 Å². The minimum Gasteiger partial charge on any atom is -0.325 e. The summed E-state index contributed by atoms with van der Waals surface area (Å²) in [6.07, 6.45) is 0. The van der Waals surface area contributed by atoms with Crippen molar-refractivity contribution in [1.82, 2.24) is 0 Å². The lowest BCUT2D eigenvalue weighted by atomic mass is 12.0. The Morgan fingerprint density at radius 1 is 1.50 bits per heavy atom. The first-order valence-corrected chi connectivity index (χ1v) is 3.09. The molecule has 0 heterocycles. The molecule has 0 saturated heterocycles. The summed E-state index contributed by atoms with van der Waals surface area (Å²) in [6, 6.07) is 0. The Kier molecular flexibility index (Phi) is 4.05. The van der Waals surface area contributed by atoms with Crippen LogP contribution in [-0.4, -0.2) is 27.4 Å². The van der Waals surface area contributed by atoms with Crippen LogP contribution < -0.4 is 0 Å². The predicted molar refractivity (Wildman–Crippen MR) is 29.3 cm³/mol. The van der Waals surface area contributed by atoms with E-state index in [2.05, 4.69) is 0 Å². The lowest BCUT2D eigenvalue weighted by molar-refractivity contribution is 0.381. The molecule has 0 fully saturated rings.